The number of nitrogens with zero attached hydrogens (tertiary/aromatic N) is 2. The Morgan fingerprint density at radius 2 is 1.91 bits per heavy atom. The lowest BCUT2D eigenvalue weighted by Crippen LogP contribution is -2.41. The van der Waals surface area contributed by atoms with Gasteiger partial charge in [-0.05, 0) is 38.3 Å². The number of hydrogen-bond acceptors (Lipinski definition) is 3. The van der Waals surface area contributed by atoms with Crippen LogP contribution in [0.5, 0.6) is 0 Å². The van der Waals surface area contributed by atoms with Gasteiger partial charge in [-0.15, -0.1) is 0 Å². The third-order valence-electron chi connectivity index (χ3n) is 4.63. The molecule has 0 spiro atoms. The maximum absolute atomic E-state index is 12.2. The van der Waals surface area contributed by atoms with Crippen LogP contribution in [0.2, 0.25) is 0 Å². The number of imide groups is 1. The highest BCUT2D eigenvalue weighted by Crippen LogP contribution is 2.27. The van der Waals surface area contributed by atoms with Crippen LogP contribution >= 0.6 is 0 Å². The van der Waals surface area contributed by atoms with Gasteiger partial charge in [-0.3, -0.25) is 9.69 Å². The topological polar surface area (TPSA) is 52.7 Å². The molecule has 118 valence electrons. The number of likely N-dealkylation sites (tertiary alicyclic amines) is 1. The van der Waals surface area contributed by atoms with Gasteiger partial charge in [0.1, 0.15) is 5.54 Å². The fourth-order valence-corrected chi connectivity index (χ4v) is 3.30. The maximum atomic E-state index is 12.2. The molecule has 3 amide bonds. The number of carbonyl (C=O) groups excluding carboxylic acids is 2. The van der Waals surface area contributed by atoms with Crippen molar-refractivity contribution in [3.8, 4) is 0 Å². The zero-order valence-corrected chi connectivity index (χ0v) is 13.2. The summed E-state index contributed by atoms with van der Waals surface area (Å²) in [6, 6.07) is 10.3. The van der Waals surface area contributed by atoms with Crippen LogP contribution in [0.15, 0.2) is 30.3 Å². The van der Waals surface area contributed by atoms with Crippen molar-refractivity contribution >= 4 is 11.9 Å². The highest BCUT2D eigenvalue weighted by Gasteiger charge is 2.44. The fraction of sp³-hybridized carbons (Fsp3) is 0.529. The molecule has 0 aliphatic carbocycles. The summed E-state index contributed by atoms with van der Waals surface area (Å²) >= 11 is 0. The maximum Gasteiger partial charge on any atom is 0.325 e. The van der Waals surface area contributed by atoms with E-state index in [9.17, 15) is 9.59 Å². The van der Waals surface area contributed by atoms with Gasteiger partial charge >= 0.3 is 6.03 Å². The van der Waals surface area contributed by atoms with E-state index in [0.29, 0.717) is 12.5 Å². The Morgan fingerprint density at radius 3 is 2.55 bits per heavy atom. The smallest absolute Gasteiger partial charge is 0.324 e. The van der Waals surface area contributed by atoms with Crippen LogP contribution in [-0.4, -0.2) is 53.5 Å². The summed E-state index contributed by atoms with van der Waals surface area (Å²) in [6.45, 7) is 6.72. The highest BCUT2D eigenvalue weighted by molar-refractivity contribution is 6.06. The minimum Gasteiger partial charge on any atom is -0.324 e. The number of carbonyl (C=O) groups is 2. The Morgan fingerprint density at radius 1 is 1.18 bits per heavy atom. The normalized spacial score (nSPS) is 24.8. The van der Waals surface area contributed by atoms with Crippen LogP contribution in [0, 0.1) is 0 Å². The van der Waals surface area contributed by atoms with E-state index < -0.39 is 5.54 Å². The van der Waals surface area contributed by atoms with E-state index in [1.807, 2.05) is 6.07 Å². The van der Waals surface area contributed by atoms with E-state index in [1.54, 1.807) is 13.8 Å². The van der Waals surface area contributed by atoms with Crippen molar-refractivity contribution in [3.63, 3.8) is 0 Å². The Hall–Kier alpha value is -1.88. The van der Waals surface area contributed by atoms with Gasteiger partial charge in [0.15, 0.2) is 0 Å². The minimum atomic E-state index is -0.769. The quantitative estimate of drug-likeness (QED) is 0.863. The number of rotatable bonds is 4. The lowest BCUT2D eigenvalue weighted by Gasteiger charge is -2.20. The molecular weight excluding hydrogens is 278 g/mol. The van der Waals surface area contributed by atoms with Crippen molar-refractivity contribution in [3.05, 3.63) is 35.9 Å². The van der Waals surface area contributed by atoms with Crippen molar-refractivity contribution in [2.75, 3.05) is 26.2 Å². The molecule has 0 bridgehead atoms. The molecule has 2 saturated heterocycles. The molecule has 1 N–H and O–H groups in total. The summed E-state index contributed by atoms with van der Waals surface area (Å²) < 4.78 is 0. The highest BCUT2D eigenvalue weighted by atomic mass is 16.2. The summed E-state index contributed by atoms with van der Waals surface area (Å²) in [6.07, 6.45) is 1.13. The summed E-state index contributed by atoms with van der Waals surface area (Å²) in [5.74, 6) is 0.428. The summed E-state index contributed by atoms with van der Waals surface area (Å²) in [7, 11) is 0. The van der Waals surface area contributed by atoms with E-state index in [2.05, 4.69) is 34.5 Å². The predicted molar refractivity (Wildman–Crippen MR) is 84.6 cm³/mol. The third-order valence-corrected chi connectivity index (χ3v) is 4.63. The lowest BCUT2D eigenvalue weighted by atomic mass is 9.99. The first-order chi connectivity index (χ1) is 10.5. The van der Waals surface area contributed by atoms with E-state index >= 15 is 0 Å². The molecule has 2 aliphatic heterocycles. The SMILES string of the molecule is CC1(C)NC(=O)N(CCN2CC[C@H](c3ccccc3)C2)C1=O. The fourth-order valence-electron chi connectivity index (χ4n) is 3.30. The molecule has 5 nitrogen and oxygen atoms in total. The Balaban J connectivity index is 1.53. The first-order valence-corrected chi connectivity index (χ1v) is 7.89. The molecule has 2 fully saturated rings. The average Bonchev–Trinajstić information content (AvgIpc) is 3.03. The lowest BCUT2D eigenvalue weighted by molar-refractivity contribution is -0.130. The zero-order valence-electron chi connectivity index (χ0n) is 13.2. The molecule has 1 atom stereocenters. The molecule has 1 aromatic rings. The Kier molecular flexibility index (Phi) is 3.91. The number of hydrogen-bond donors (Lipinski definition) is 1. The molecule has 2 heterocycles. The molecule has 0 radical (unpaired) electrons. The molecule has 5 heteroatoms. The first-order valence-electron chi connectivity index (χ1n) is 7.89. The number of amides is 3. The van der Waals surface area contributed by atoms with Gasteiger partial charge in [-0.2, -0.15) is 0 Å². The molecule has 1 aromatic carbocycles. The molecule has 0 aromatic heterocycles. The largest absolute Gasteiger partial charge is 0.325 e. The van der Waals surface area contributed by atoms with Crippen LogP contribution in [0.1, 0.15) is 31.7 Å². The molecule has 2 aliphatic rings. The Labute approximate surface area is 131 Å². The first kappa shape index (κ1) is 15.0. The predicted octanol–water partition coefficient (Wildman–Crippen LogP) is 1.81. The van der Waals surface area contributed by atoms with Crippen LogP contribution in [0.25, 0.3) is 0 Å². The number of urea groups is 1. The van der Waals surface area contributed by atoms with Gasteiger partial charge in [0.2, 0.25) is 0 Å². The average molecular weight is 301 g/mol. The third kappa shape index (κ3) is 2.86. The van der Waals surface area contributed by atoms with E-state index in [4.69, 9.17) is 0 Å². The van der Waals surface area contributed by atoms with E-state index in [0.717, 1.165) is 26.1 Å². The number of benzene rings is 1. The van der Waals surface area contributed by atoms with E-state index in [-0.39, 0.29) is 11.9 Å². The van der Waals surface area contributed by atoms with Crippen LogP contribution in [0.3, 0.4) is 0 Å². The van der Waals surface area contributed by atoms with Gasteiger partial charge in [0.05, 0.1) is 0 Å². The van der Waals surface area contributed by atoms with Gasteiger partial charge in [-0.25, -0.2) is 4.79 Å². The van der Waals surface area contributed by atoms with Gasteiger partial charge in [-0.1, -0.05) is 30.3 Å². The van der Waals surface area contributed by atoms with Crippen molar-refractivity contribution in [1.82, 2.24) is 15.1 Å². The minimum absolute atomic E-state index is 0.128. The second-order valence-electron chi connectivity index (χ2n) is 6.71. The molecule has 22 heavy (non-hydrogen) atoms. The molecule has 0 saturated carbocycles. The zero-order chi connectivity index (χ0) is 15.7. The van der Waals surface area contributed by atoms with E-state index in [1.165, 1.54) is 10.5 Å². The summed E-state index contributed by atoms with van der Waals surface area (Å²) in [5.41, 5.74) is 0.607. The van der Waals surface area contributed by atoms with Crippen LogP contribution in [0.4, 0.5) is 4.79 Å². The molecular formula is C17H23N3O2. The van der Waals surface area contributed by atoms with Crippen LogP contribution < -0.4 is 5.32 Å². The monoisotopic (exact) mass is 301 g/mol. The standard InChI is InChI=1S/C17H23N3O2/c1-17(2)15(21)20(16(22)18-17)11-10-19-9-8-14(12-19)13-6-4-3-5-7-13/h3-7,14H,8-12H2,1-2H3,(H,18,22)/t14-/m0/s1. The van der Waals surface area contributed by atoms with Crippen LogP contribution in [-0.2, 0) is 4.79 Å². The summed E-state index contributed by atoms with van der Waals surface area (Å²) in [4.78, 5) is 27.7. The van der Waals surface area contributed by atoms with Gasteiger partial charge in [0, 0.05) is 19.6 Å². The van der Waals surface area contributed by atoms with Crippen molar-refractivity contribution in [2.24, 2.45) is 0 Å². The van der Waals surface area contributed by atoms with Crippen molar-refractivity contribution in [1.29, 1.82) is 0 Å². The summed E-state index contributed by atoms with van der Waals surface area (Å²) in [5, 5.41) is 2.72. The molecule has 3 rings (SSSR count). The molecule has 0 unspecified atom stereocenters. The van der Waals surface area contributed by atoms with Crippen molar-refractivity contribution in [2.45, 2.75) is 31.7 Å². The second-order valence-corrected chi connectivity index (χ2v) is 6.71. The Bertz CT molecular complexity index is 571. The van der Waals surface area contributed by atoms with Gasteiger partial charge < -0.3 is 10.2 Å². The number of nitrogens with one attached hydrogen (secondary N) is 1. The van der Waals surface area contributed by atoms with Crippen molar-refractivity contribution < 1.29 is 9.59 Å². The second kappa shape index (κ2) is 5.72. The van der Waals surface area contributed by atoms with Gasteiger partial charge in [0.25, 0.3) is 5.91 Å².